The van der Waals surface area contributed by atoms with Gasteiger partial charge in [0.05, 0.1) is 16.5 Å². The van der Waals surface area contributed by atoms with Gasteiger partial charge in [0.2, 0.25) is 0 Å². The summed E-state index contributed by atoms with van der Waals surface area (Å²) in [5.74, 6) is 0.280. The molecule has 0 amide bonds. The number of alkyl halides is 1. The van der Waals surface area contributed by atoms with E-state index < -0.39 is 4.92 Å². The minimum absolute atomic E-state index is 0.0690. The van der Waals surface area contributed by atoms with Crippen LogP contribution in [-0.4, -0.2) is 23.2 Å². The molecule has 0 radical (unpaired) electrons. The summed E-state index contributed by atoms with van der Waals surface area (Å²) in [4.78, 5) is 14.4. The van der Waals surface area contributed by atoms with Crippen molar-refractivity contribution in [2.24, 2.45) is 10.7 Å². The number of nitrogens with one attached hydrogen (secondary N) is 1. The minimum Gasteiger partial charge on any atom is -0.386 e. The maximum Gasteiger partial charge on any atom is 0.294 e. The highest BCUT2D eigenvalue weighted by molar-refractivity contribution is 6.28. The number of nitro benzene ring substituents is 1. The standard InChI is InChI=1S/C11H13ClN4O2/c1-2-5-14-9-4-3-8(15-11(13)7-12)6-10(9)16(17)18/h2-4,6,14H,1,5,7H2,(H2,13,15). The molecule has 96 valence electrons. The smallest absolute Gasteiger partial charge is 0.294 e. The Bertz CT molecular complexity index is 488. The van der Waals surface area contributed by atoms with Crippen molar-refractivity contribution in [1.29, 1.82) is 0 Å². The Labute approximate surface area is 109 Å². The molecule has 1 aromatic carbocycles. The van der Waals surface area contributed by atoms with Gasteiger partial charge in [-0.25, -0.2) is 4.99 Å². The van der Waals surface area contributed by atoms with Gasteiger partial charge in [-0.2, -0.15) is 0 Å². The van der Waals surface area contributed by atoms with Gasteiger partial charge in [-0.3, -0.25) is 10.1 Å². The van der Waals surface area contributed by atoms with Gasteiger partial charge in [0.25, 0.3) is 5.69 Å². The number of halogens is 1. The van der Waals surface area contributed by atoms with Crippen molar-refractivity contribution in [3.8, 4) is 0 Å². The van der Waals surface area contributed by atoms with Gasteiger partial charge in [0.1, 0.15) is 11.5 Å². The molecule has 0 fully saturated rings. The molecular formula is C11H13ClN4O2. The van der Waals surface area contributed by atoms with E-state index >= 15 is 0 Å². The third-order valence-corrected chi connectivity index (χ3v) is 2.30. The number of aliphatic imine (C=N–C) groups is 1. The first-order valence-electron chi connectivity index (χ1n) is 5.10. The van der Waals surface area contributed by atoms with Gasteiger partial charge in [-0.05, 0) is 12.1 Å². The van der Waals surface area contributed by atoms with Crippen molar-refractivity contribution in [1.82, 2.24) is 0 Å². The van der Waals surface area contributed by atoms with E-state index in [4.69, 9.17) is 17.3 Å². The Morgan fingerprint density at radius 3 is 2.94 bits per heavy atom. The van der Waals surface area contributed by atoms with Crippen LogP contribution in [0.25, 0.3) is 0 Å². The fourth-order valence-corrected chi connectivity index (χ4v) is 1.33. The third-order valence-electron chi connectivity index (χ3n) is 2.02. The van der Waals surface area contributed by atoms with Crippen molar-refractivity contribution >= 4 is 34.5 Å². The van der Waals surface area contributed by atoms with Crippen LogP contribution in [0.3, 0.4) is 0 Å². The monoisotopic (exact) mass is 268 g/mol. The molecule has 1 rings (SSSR count). The summed E-state index contributed by atoms with van der Waals surface area (Å²) in [6, 6.07) is 4.53. The first-order chi connectivity index (χ1) is 8.58. The maximum absolute atomic E-state index is 10.9. The average Bonchev–Trinajstić information content (AvgIpc) is 2.36. The topological polar surface area (TPSA) is 93.5 Å². The Morgan fingerprint density at radius 2 is 2.39 bits per heavy atom. The molecule has 18 heavy (non-hydrogen) atoms. The van der Waals surface area contributed by atoms with Crippen molar-refractivity contribution in [3.63, 3.8) is 0 Å². The van der Waals surface area contributed by atoms with E-state index in [1.807, 2.05) is 0 Å². The number of nitrogens with two attached hydrogens (primary N) is 1. The van der Waals surface area contributed by atoms with Crippen LogP contribution in [0, 0.1) is 10.1 Å². The molecule has 0 atom stereocenters. The lowest BCUT2D eigenvalue weighted by atomic mass is 10.2. The number of anilines is 1. The van der Waals surface area contributed by atoms with Gasteiger partial charge in [-0.1, -0.05) is 6.08 Å². The van der Waals surface area contributed by atoms with Gasteiger partial charge >= 0.3 is 0 Å². The van der Waals surface area contributed by atoms with Crippen molar-refractivity contribution in [3.05, 3.63) is 41.0 Å². The quantitative estimate of drug-likeness (QED) is 0.207. The van der Waals surface area contributed by atoms with E-state index in [1.54, 1.807) is 18.2 Å². The van der Waals surface area contributed by atoms with Crippen LogP contribution in [0.1, 0.15) is 0 Å². The van der Waals surface area contributed by atoms with E-state index in [2.05, 4.69) is 16.9 Å². The minimum atomic E-state index is -0.485. The van der Waals surface area contributed by atoms with Crippen LogP contribution < -0.4 is 11.1 Å². The van der Waals surface area contributed by atoms with Gasteiger partial charge in [-0.15, -0.1) is 18.2 Å². The maximum atomic E-state index is 10.9. The molecule has 0 aliphatic rings. The Balaban J connectivity index is 3.10. The van der Waals surface area contributed by atoms with Crippen LogP contribution >= 0.6 is 11.6 Å². The second-order valence-electron chi connectivity index (χ2n) is 3.36. The number of benzene rings is 1. The molecule has 0 heterocycles. The SMILES string of the molecule is C=CCNc1ccc(N=C(N)CCl)cc1[N+](=O)[O-]. The summed E-state index contributed by atoms with van der Waals surface area (Å²) in [5.41, 5.74) is 6.20. The predicted octanol–water partition coefficient (Wildman–Crippen LogP) is 2.42. The average molecular weight is 269 g/mol. The first-order valence-corrected chi connectivity index (χ1v) is 5.64. The van der Waals surface area contributed by atoms with E-state index in [0.717, 1.165) is 0 Å². The van der Waals surface area contributed by atoms with Crippen molar-refractivity contribution in [2.75, 3.05) is 17.7 Å². The molecule has 0 aliphatic heterocycles. The number of nitro groups is 1. The summed E-state index contributed by atoms with van der Waals surface area (Å²) in [5, 5.41) is 13.8. The van der Waals surface area contributed by atoms with Crippen LogP contribution in [0.2, 0.25) is 0 Å². The van der Waals surface area contributed by atoms with Crippen LogP contribution in [0.4, 0.5) is 17.1 Å². The zero-order valence-corrected chi connectivity index (χ0v) is 10.4. The molecule has 0 bridgehead atoms. The Kier molecular flexibility index (Phi) is 5.13. The fourth-order valence-electron chi connectivity index (χ4n) is 1.27. The van der Waals surface area contributed by atoms with Gasteiger partial charge < -0.3 is 11.1 Å². The highest BCUT2D eigenvalue weighted by Crippen LogP contribution is 2.29. The summed E-state index contributed by atoms with van der Waals surface area (Å²) in [7, 11) is 0. The molecule has 6 nitrogen and oxygen atoms in total. The van der Waals surface area contributed by atoms with Crippen molar-refractivity contribution < 1.29 is 4.92 Å². The first kappa shape index (κ1) is 14.0. The van der Waals surface area contributed by atoms with E-state index in [-0.39, 0.29) is 17.4 Å². The second kappa shape index (κ2) is 6.61. The molecule has 7 heteroatoms. The predicted molar refractivity (Wildman–Crippen MR) is 73.8 cm³/mol. The number of hydrogen-bond acceptors (Lipinski definition) is 4. The van der Waals surface area contributed by atoms with E-state index in [0.29, 0.717) is 17.9 Å². The molecule has 0 aromatic heterocycles. The molecule has 0 unspecified atom stereocenters. The lowest BCUT2D eigenvalue weighted by Crippen LogP contribution is -2.12. The lowest BCUT2D eigenvalue weighted by molar-refractivity contribution is -0.383. The highest BCUT2D eigenvalue weighted by atomic mass is 35.5. The molecule has 0 saturated carbocycles. The third kappa shape index (κ3) is 3.74. The number of nitrogens with zero attached hydrogens (tertiary/aromatic N) is 2. The number of amidine groups is 1. The van der Waals surface area contributed by atoms with E-state index in [9.17, 15) is 10.1 Å². The van der Waals surface area contributed by atoms with E-state index in [1.165, 1.54) is 6.07 Å². The molecular weight excluding hydrogens is 256 g/mol. The highest BCUT2D eigenvalue weighted by Gasteiger charge is 2.13. The second-order valence-corrected chi connectivity index (χ2v) is 3.63. The number of hydrogen-bond donors (Lipinski definition) is 2. The zero-order chi connectivity index (χ0) is 13.5. The number of rotatable bonds is 6. The van der Waals surface area contributed by atoms with Crippen LogP contribution in [0.15, 0.2) is 35.8 Å². The Hall–Kier alpha value is -2.08. The molecule has 1 aromatic rings. The summed E-state index contributed by atoms with van der Waals surface area (Å²) < 4.78 is 0. The molecule has 3 N–H and O–H groups in total. The summed E-state index contributed by atoms with van der Waals surface area (Å²) in [6.45, 7) is 3.97. The normalized spacial score (nSPS) is 11.1. The molecule has 0 spiro atoms. The van der Waals surface area contributed by atoms with Crippen LogP contribution in [-0.2, 0) is 0 Å². The molecule has 0 aliphatic carbocycles. The largest absolute Gasteiger partial charge is 0.386 e. The fraction of sp³-hybridized carbons (Fsp3) is 0.182. The molecule has 0 saturated heterocycles. The van der Waals surface area contributed by atoms with Crippen molar-refractivity contribution in [2.45, 2.75) is 0 Å². The Morgan fingerprint density at radius 1 is 1.67 bits per heavy atom. The van der Waals surface area contributed by atoms with Gasteiger partial charge in [0.15, 0.2) is 0 Å². The lowest BCUT2D eigenvalue weighted by Gasteiger charge is -2.05. The summed E-state index contributed by atoms with van der Waals surface area (Å²) >= 11 is 5.49. The summed E-state index contributed by atoms with van der Waals surface area (Å²) in [6.07, 6.45) is 1.61. The zero-order valence-electron chi connectivity index (χ0n) is 9.60. The van der Waals surface area contributed by atoms with Gasteiger partial charge in [0, 0.05) is 12.6 Å². The van der Waals surface area contributed by atoms with Crippen LogP contribution in [0.5, 0.6) is 0 Å².